The number of nitrogens with zero attached hydrogens (tertiary/aromatic N) is 1. The van der Waals surface area contributed by atoms with Crippen LogP contribution in [-0.2, 0) is 9.59 Å². The van der Waals surface area contributed by atoms with Crippen molar-refractivity contribution < 1.29 is 18.7 Å². The van der Waals surface area contributed by atoms with Crippen LogP contribution in [0.25, 0.3) is 0 Å². The van der Waals surface area contributed by atoms with E-state index in [9.17, 15) is 14.0 Å². The summed E-state index contributed by atoms with van der Waals surface area (Å²) in [4.78, 5) is 23.4. The Kier molecular flexibility index (Phi) is 6.01. The highest BCUT2D eigenvalue weighted by Gasteiger charge is 2.12. The Morgan fingerprint density at radius 2 is 1.83 bits per heavy atom. The number of ether oxygens (including phenoxy) is 1. The maximum atomic E-state index is 12.8. The standard InChI is InChI=1S/C17H16FN3O3/c1-2-24-15-6-4-3-5-12(15)11-19-21-17(23)16(22)20-14-9-7-13(18)8-10-14/h3-11H,2H2,1H3,(H,20,22)(H,21,23)/b19-11+. The molecule has 0 spiro atoms. The van der Waals surface area contributed by atoms with E-state index >= 15 is 0 Å². The Balaban J connectivity index is 1.92. The van der Waals surface area contributed by atoms with Crippen molar-refractivity contribution in [3.05, 3.63) is 59.9 Å². The molecule has 2 rings (SSSR count). The number of rotatable bonds is 5. The molecule has 2 aromatic rings. The van der Waals surface area contributed by atoms with Crippen molar-refractivity contribution in [2.75, 3.05) is 11.9 Å². The van der Waals surface area contributed by atoms with Crippen molar-refractivity contribution in [1.82, 2.24) is 5.43 Å². The molecule has 0 saturated heterocycles. The second-order valence-corrected chi connectivity index (χ2v) is 4.63. The molecule has 0 radical (unpaired) electrons. The third kappa shape index (κ3) is 4.91. The van der Waals surface area contributed by atoms with Crippen LogP contribution in [0.15, 0.2) is 53.6 Å². The number of hydrazone groups is 1. The Hall–Kier alpha value is -3.22. The summed E-state index contributed by atoms with van der Waals surface area (Å²) in [6.45, 7) is 2.35. The molecule has 0 atom stereocenters. The number of benzene rings is 2. The van der Waals surface area contributed by atoms with E-state index in [0.29, 0.717) is 23.6 Å². The quantitative estimate of drug-likeness (QED) is 0.502. The van der Waals surface area contributed by atoms with E-state index in [0.717, 1.165) is 0 Å². The number of para-hydroxylation sites is 1. The third-order valence-electron chi connectivity index (χ3n) is 2.90. The summed E-state index contributed by atoms with van der Waals surface area (Å²) in [7, 11) is 0. The predicted octanol–water partition coefficient (Wildman–Crippen LogP) is 2.31. The minimum atomic E-state index is -0.940. The van der Waals surface area contributed by atoms with E-state index in [-0.39, 0.29) is 0 Å². The van der Waals surface area contributed by atoms with Crippen LogP contribution in [0.2, 0.25) is 0 Å². The fourth-order valence-corrected chi connectivity index (χ4v) is 1.81. The van der Waals surface area contributed by atoms with Gasteiger partial charge in [-0.2, -0.15) is 5.10 Å². The minimum Gasteiger partial charge on any atom is -0.493 e. The SMILES string of the molecule is CCOc1ccccc1/C=N/NC(=O)C(=O)Nc1ccc(F)cc1. The molecular weight excluding hydrogens is 313 g/mol. The van der Waals surface area contributed by atoms with Crippen molar-refractivity contribution in [2.24, 2.45) is 5.10 Å². The molecule has 0 aliphatic rings. The monoisotopic (exact) mass is 329 g/mol. The van der Waals surface area contributed by atoms with Crippen molar-refractivity contribution in [2.45, 2.75) is 6.92 Å². The van der Waals surface area contributed by atoms with Crippen molar-refractivity contribution in [1.29, 1.82) is 0 Å². The maximum Gasteiger partial charge on any atom is 0.329 e. The van der Waals surface area contributed by atoms with Crippen LogP contribution >= 0.6 is 0 Å². The van der Waals surface area contributed by atoms with Gasteiger partial charge in [0.1, 0.15) is 11.6 Å². The molecule has 0 fully saturated rings. The molecule has 2 amide bonds. The molecule has 0 aliphatic carbocycles. The van der Waals surface area contributed by atoms with Crippen LogP contribution in [0, 0.1) is 5.82 Å². The summed E-state index contributed by atoms with van der Waals surface area (Å²) in [5.74, 6) is -1.66. The van der Waals surface area contributed by atoms with Gasteiger partial charge < -0.3 is 10.1 Å². The summed E-state index contributed by atoms with van der Waals surface area (Å²) < 4.78 is 18.2. The molecule has 0 heterocycles. The molecule has 0 bridgehead atoms. The molecule has 0 unspecified atom stereocenters. The van der Waals surface area contributed by atoms with Gasteiger partial charge in [-0.15, -0.1) is 0 Å². The molecule has 0 saturated carbocycles. The molecule has 6 nitrogen and oxygen atoms in total. The van der Waals surface area contributed by atoms with Gasteiger partial charge in [0, 0.05) is 11.3 Å². The molecule has 24 heavy (non-hydrogen) atoms. The van der Waals surface area contributed by atoms with E-state index < -0.39 is 17.6 Å². The molecule has 2 aromatic carbocycles. The first-order valence-corrected chi connectivity index (χ1v) is 7.22. The highest BCUT2D eigenvalue weighted by molar-refractivity contribution is 6.39. The van der Waals surface area contributed by atoms with Gasteiger partial charge >= 0.3 is 11.8 Å². The van der Waals surface area contributed by atoms with Gasteiger partial charge in [0.05, 0.1) is 12.8 Å². The molecular formula is C17H16FN3O3. The summed E-state index contributed by atoms with van der Waals surface area (Å²) in [6, 6.07) is 12.2. The Morgan fingerprint density at radius 3 is 2.54 bits per heavy atom. The van der Waals surface area contributed by atoms with Gasteiger partial charge in [-0.1, -0.05) is 12.1 Å². The van der Waals surface area contributed by atoms with Crippen LogP contribution < -0.4 is 15.5 Å². The van der Waals surface area contributed by atoms with Crippen LogP contribution in [0.3, 0.4) is 0 Å². The second kappa shape index (κ2) is 8.42. The zero-order valence-corrected chi connectivity index (χ0v) is 13.0. The first-order valence-electron chi connectivity index (χ1n) is 7.22. The Bertz CT molecular complexity index is 745. The number of hydrogen-bond acceptors (Lipinski definition) is 4. The van der Waals surface area contributed by atoms with E-state index in [1.807, 2.05) is 13.0 Å². The smallest absolute Gasteiger partial charge is 0.329 e. The number of anilines is 1. The highest BCUT2D eigenvalue weighted by atomic mass is 19.1. The second-order valence-electron chi connectivity index (χ2n) is 4.63. The first-order chi connectivity index (χ1) is 11.6. The molecule has 124 valence electrons. The van der Waals surface area contributed by atoms with Gasteiger partial charge in [-0.3, -0.25) is 9.59 Å². The van der Waals surface area contributed by atoms with Gasteiger partial charge in [0.25, 0.3) is 0 Å². The Labute approximate surface area is 138 Å². The van der Waals surface area contributed by atoms with E-state index in [1.165, 1.54) is 30.5 Å². The average molecular weight is 329 g/mol. The number of carbonyl (C=O) groups excluding carboxylic acids is 2. The van der Waals surface area contributed by atoms with Crippen LogP contribution in [0.1, 0.15) is 12.5 Å². The summed E-state index contributed by atoms with van der Waals surface area (Å²) in [5, 5.41) is 6.07. The number of nitrogens with one attached hydrogen (secondary N) is 2. The summed E-state index contributed by atoms with van der Waals surface area (Å²) >= 11 is 0. The number of halogens is 1. The molecule has 7 heteroatoms. The third-order valence-corrected chi connectivity index (χ3v) is 2.90. The summed E-state index contributed by atoms with van der Waals surface area (Å²) in [5.41, 5.74) is 3.09. The van der Waals surface area contributed by atoms with Gasteiger partial charge in [-0.25, -0.2) is 9.82 Å². The van der Waals surface area contributed by atoms with E-state index in [1.54, 1.807) is 18.2 Å². The Morgan fingerprint density at radius 1 is 1.12 bits per heavy atom. The van der Waals surface area contributed by atoms with Crippen molar-refractivity contribution in [3.8, 4) is 5.75 Å². The largest absolute Gasteiger partial charge is 0.493 e. The maximum absolute atomic E-state index is 12.8. The number of carbonyl (C=O) groups is 2. The van der Waals surface area contributed by atoms with Crippen molar-refractivity contribution in [3.63, 3.8) is 0 Å². The van der Waals surface area contributed by atoms with Crippen LogP contribution in [0.4, 0.5) is 10.1 Å². The predicted molar refractivity (Wildman–Crippen MR) is 88.4 cm³/mol. The first kappa shape index (κ1) is 17.1. The molecule has 2 N–H and O–H groups in total. The lowest BCUT2D eigenvalue weighted by molar-refractivity contribution is -0.136. The average Bonchev–Trinajstić information content (AvgIpc) is 2.58. The van der Waals surface area contributed by atoms with E-state index in [2.05, 4.69) is 15.8 Å². The molecule has 0 aliphatic heterocycles. The number of amides is 2. The van der Waals surface area contributed by atoms with Gasteiger partial charge in [0.15, 0.2) is 0 Å². The zero-order chi connectivity index (χ0) is 17.4. The fourth-order valence-electron chi connectivity index (χ4n) is 1.81. The van der Waals surface area contributed by atoms with Crippen LogP contribution in [-0.4, -0.2) is 24.6 Å². The fraction of sp³-hybridized carbons (Fsp3) is 0.118. The lowest BCUT2D eigenvalue weighted by Gasteiger charge is -2.06. The summed E-state index contributed by atoms with van der Waals surface area (Å²) in [6.07, 6.45) is 1.38. The molecule has 0 aromatic heterocycles. The van der Waals surface area contributed by atoms with Gasteiger partial charge in [-0.05, 0) is 43.3 Å². The minimum absolute atomic E-state index is 0.308. The van der Waals surface area contributed by atoms with E-state index in [4.69, 9.17) is 4.74 Å². The normalized spacial score (nSPS) is 10.4. The zero-order valence-electron chi connectivity index (χ0n) is 13.0. The highest BCUT2D eigenvalue weighted by Crippen LogP contribution is 2.15. The van der Waals surface area contributed by atoms with Gasteiger partial charge in [0.2, 0.25) is 0 Å². The topological polar surface area (TPSA) is 79.8 Å². The lowest BCUT2D eigenvalue weighted by Crippen LogP contribution is -2.32. The van der Waals surface area contributed by atoms with Crippen molar-refractivity contribution >= 4 is 23.7 Å². The van der Waals surface area contributed by atoms with Crippen LogP contribution in [0.5, 0.6) is 5.75 Å². The lowest BCUT2D eigenvalue weighted by atomic mass is 10.2. The number of hydrogen-bond donors (Lipinski definition) is 2.